The zero-order valence-electron chi connectivity index (χ0n) is 18.4. The molecule has 0 fully saturated rings. The molecule has 0 unspecified atom stereocenters. The third kappa shape index (κ3) is 7.07. The second kappa shape index (κ2) is 11.5. The number of rotatable bonds is 11. The van der Waals surface area contributed by atoms with Gasteiger partial charge in [0, 0.05) is 43.5 Å². The van der Waals surface area contributed by atoms with Crippen LogP contribution in [0.5, 0.6) is 5.75 Å². The minimum Gasteiger partial charge on any atom is -0.497 e. The van der Waals surface area contributed by atoms with Crippen LogP contribution in [0, 0.1) is 0 Å². The van der Waals surface area contributed by atoms with Crippen LogP contribution >= 0.6 is 11.5 Å². The summed E-state index contributed by atoms with van der Waals surface area (Å²) in [5.74, 6) is 1.67. The molecule has 0 aliphatic carbocycles. The minimum atomic E-state index is 0.0581. The van der Waals surface area contributed by atoms with Crippen molar-refractivity contribution in [1.29, 1.82) is 0 Å². The molecule has 1 aromatic heterocycles. The monoisotopic (exact) mass is 438 g/mol. The number of hydrogen-bond donors (Lipinski definition) is 1. The Morgan fingerprint density at radius 2 is 1.90 bits per heavy atom. The summed E-state index contributed by atoms with van der Waals surface area (Å²) in [4.78, 5) is 19.2. The van der Waals surface area contributed by atoms with Crippen molar-refractivity contribution in [2.75, 3.05) is 25.1 Å². The van der Waals surface area contributed by atoms with Gasteiger partial charge in [-0.2, -0.15) is 4.37 Å². The first kappa shape index (κ1) is 22.7. The van der Waals surface area contributed by atoms with Crippen molar-refractivity contribution in [3.05, 3.63) is 71.5 Å². The second-order valence-corrected chi connectivity index (χ2v) is 8.37. The van der Waals surface area contributed by atoms with Crippen LogP contribution < -0.4 is 15.0 Å². The molecule has 7 heteroatoms. The number of nitrogens with one attached hydrogen (secondary N) is 1. The van der Waals surface area contributed by atoms with E-state index in [-0.39, 0.29) is 11.9 Å². The van der Waals surface area contributed by atoms with Crippen molar-refractivity contribution in [3.8, 4) is 5.75 Å². The van der Waals surface area contributed by atoms with Crippen LogP contribution in [0.4, 0.5) is 5.13 Å². The molecular weight excluding hydrogens is 408 g/mol. The van der Waals surface area contributed by atoms with E-state index < -0.39 is 0 Å². The Balaban J connectivity index is 1.51. The summed E-state index contributed by atoms with van der Waals surface area (Å²) in [6, 6.07) is 18.4. The largest absolute Gasteiger partial charge is 0.497 e. The van der Waals surface area contributed by atoms with E-state index in [1.807, 2.05) is 42.5 Å². The Bertz CT molecular complexity index is 959. The lowest BCUT2D eigenvalue weighted by Crippen LogP contribution is -2.35. The fourth-order valence-corrected chi connectivity index (χ4v) is 4.12. The summed E-state index contributed by atoms with van der Waals surface area (Å²) in [6.07, 6.45) is 1.92. The topological polar surface area (TPSA) is 67.3 Å². The van der Waals surface area contributed by atoms with Gasteiger partial charge in [-0.15, -0.1) is 0 Å². The zero-order valence-corrected chi connectivity index (χ0v) is 19.2. The Morgan fingerprint density at radius 3 is 2.65 bits per heavy atom. The van der Waals surface area contributed by atoms with Crippen molar-refractivity contribution in [2.24, 2.45) is 0 Å². The molecule has 3 rings (SSSR count). The number of ether oxygens (including phenoxy) is 1. The van der Waals surface area contributed by atoms with E-state index in [0.29, 0.717) is 25.9 Å². The fourth-order valence-electron chi connectivity index (χ4n) is 3.27. The Morgan fingerprint density at radius 1 is 1.13 bits per heavy atom. The first-order chi connectivity index (χ1) is 15.0. The maximum absolute atomic E-state index is 12.3. The first-order valence-corrected chi connectivity index (χ1v) is 11.3. The highest BCUT2D eigenvalue weighted by molar-refractivity contribution is 7.09. The summed E-state index contributed by atoms with van der Waals surface area (Å²) < 4.78 is 9.82. The van der Waals surface area contributed by atoms with E-state index >= 15 is 0 Å². The molecular formula is C24H30N4O2S. The maximum Gasteiger partial charge on any atom is 0.221 e. The normalized spacial score (nSPS) is 10.8. The van der Waals surface area contributed by atoms with Crippen LogP contribution in [-0.2, 0) is 17.6 Å². The summed E-state index contributed by atoms with van der Waals surface area (Å²) >= 11 is 1.38. The van der Waals surface area contributed by atoms with E-state index in [4.69, 9.17) is 9.72 Å². The van der Waals surface area contributed by atoms with E-state index in [1.54, 1.807) is 7.11 Å². The summed E-state index contributed by atoms with van der Waals surface area (Å²) in [6.45, 7) is 5.48. The summed E-state index contributed by atoms with van der Waals surface area (Å²) in [5.41, 5.74) is 2.33. The molecule has 1 heterocycles. The molecule has 3 aromatic rings. The predicted octanol–water partition coefficient (Wildman–Crippen LogP) is 4.10. The SMILES string of the molecule is COc1cccc(Cc2nsc(N(CCC(=O)NCCc3ccccc3)C(C)C)n2)c1. The van der Waals surface area contributed by atoms with Crippen LogP contribution in [0.1, 0.15) is 37.2 Å². The Hall–Kier alpha value is -2.93. The van der Waals surface area contributed by atoms with Gasteiger partial charge in [0.2, 0.25) is 11.0 Å². The van der Waals surface area contributed by atoms with Crippen molar-refractivity contribution in [2.45, 2.75) is 39.2 Å². The van der Waals surface area contributed by atoms with E-state index in [2.05, 4.69) is 40.6 Å². The lowest BCUT2D eigenvalue weighted by molar-refractivity contribution is -0.120. The number of carbonyl (C=O) groups excluding carboxylic acids is 1. The van der Waals surface area contributed by atoms with Gasteiger partial charge in [-0.25, -0.2) is 4.98 Å². The third-order valence-electron chi connectivity index (χ3n) is 4.98. The average Bonchev–Trinajstić information content (AvgIpc) is 3.22. The molecule has 2 aromatic carbocycles. The van der Waals surface area contributed by atoms with Gasteiger partial charge in [0.25, 0.3) is 0 Å². The fraction of sp³-hybridized carbons (Fsp3) is 0.375. The molecule has 0 radical (unpaired) electrons. The van der Waals surface area contributed by atoms with Gasteiger partial charge in [0.05, 0.1) is 7.11 Å². The van der Waals surface area contributed by atoms with Crippen molar-refractivity contribution in [1.82, 2.24) is 14.7 Å². The Kier molecular flexibility index (Phi) is 8.41. The number of hydrogen-bond acceptors (Lipinski definition) is 6. The molecule has 0 spiro atoms. The molecule has 0 bridgehead atoms. The van der Waals surface area contributed by atoms with E-state index in [0.717, 1.165) is 28.7 Å². The molecule has 164 valence electrons. The number of carbonyl (C=O) groups is 1. The molecule has 1 N–H and O–H groups in total. The van der Waals surface area contributed by atoms with Crippen LogP contribution in [0.2, 0.25) is 0 Å². The average molecular weight is 439 g/mol. The van der Waals surface area contributed by atoms with Crippen molar-refractivity contribution < 1.29 is 9.53 Å². The van der Waals surface area contributed by atoms with Crippen LogP contribution in [-0.4, -0.2) is 41.5 Å². The van der Waals surface area contributed by atoms with E-state index in [1.165, 1.54) is 17.1 Å². The molecule has 6 nitrogen and oxygen atoms in total. The molecule has 0 aliphatic rings. The number of aromatic nitrogens is 2. The highest BCUT2D eigenvalue weighted by atomic mass is 32.1. The van der Waals surface area contributed by atoms with Gasteiger partial charge in [0.1, 0.15) is 11.6 Å². The van der Waals surface area contributed by atoms with Gasteiger partial charge in [-0.1, -0.05) is 42.5 Å². The summed E-state index contributed by atoms with van der Waals surface area (Å²) in [5, 5.41) is 3.87. The molecule has 0 saturated heterocycles. The standard InChI is InChI=1S/C24H30N4O2S/c1-18(2)28(15-13-23(29)25-14-12-19-8-5-4-6-9-19)24-26-22(27-31-24)17-20-10-7-11-21(16-20)30-3/h4-11,16,18H,12-15,17H2,1-3H3,(H,25,29). The smallest absolute Gasteiger partial charge is 0.221 e. The highest BCUT2D eigenvalue weighted by Crippen LogP contribution is 2.22. The van der Waals surface area contributed by atoms with Crippen LogP contribution in [0.25, 0.3) is 0 Å². The second-order valence-electron chi connectivity index (χ2n) is 7.64. The van der Waals surface area contributed by atoms with Gasteiger partial charge in [-0.05, 0) is 43.5 Å². The summed E-state index contributed by atoms with van der Waals surface area (Å²) in [7, 11) is 1.66. The van der Waals surface area contributed by atoms with Gasteiger partial charge >= 0.3 is 0 Å². The lowest BCUT2D eigenvalue weighted by Gasteiger charge is -2.25. The minimum absolute atomic E-state index is 0.0581. The predicted molar refractivity (Wildman–Crippen MR) is 126 cm³/mol. The number of nitrogens with zero attached hydrogens (tertiary/aromatic N) is 3. The molecule has 1 amide bonds. The van der Waals surface area contributed by atoms with Gasteiger partial charge < -0.3 is 15.0 Å². The lowest BCUT2D eigenvalue weighted by atomic mass is 10.1. The number of methoxy groups -OCH3 is 1. The molecule has 0 aliphatic heterocycles. The number of anilines is 1. The van der Waals surface area contributed by atoms with Gasteiger partial charge in [-0.3, -0.25) is 4.79 Å². The Labute approximate surface area is 188 Å². The first-order valence-electron chi connectivity index (χ1n) is 10.6. The third-order valence-corrected chi connectivity index (χ3v) is 5.77. The number of amides is 1. The van der Waals surface area contributed by atoms with Crippen molar-refractivity contribution in [3.63, 3.8) is 0 Å². The molecule has 0 atom stereocenters. The highest BCUT2D eigenvalue weighted by Gasteiger charge is 2.17. The number of benzene rings is 2. The van der Waals surface area contributed by atoms with Gasteiger partial charge in [0.15, 0.2) is 0 Å². The van der Waals surface area contributed by atoms with E-state index in [9.17, 15) is 4.79 Å². The maximum atomic E-state index is 12.3. The van der Waals surface area contributed by atoms with Crippen LogP contribution in [0.15, 0.2) is 54.6 Å². The zero-order chi connectivity index (χ0) is 22.1. The van der Waals surface area contributed by atoms with Crippen molar-refractivity contribution >= 4 is 22.6 Å². The molecule has 31 heavy (non-hydrogen) atoms. The quantitative estimate of drug-likeness (QED) is 0.488. The molecule has 0 saturated carbocycles. The van der Waals surface area contributed by atoms with Crippen LogP contribution in [0.3, 0.4) is 0 Å².